The van der Waals surface area contributed by atoms with Crippen molar-refractivity contribution >= 4 is 23.4 Å². The van der Waals surface area contributed by atoms with Crippen molar-refractivity contribution < 1.29 is 23.5 Å². The van der Waals surface area contributed by atoms with E-state index in [9.17, 15) is 18.8 Å². The molecule has 2 aromatic rings. The number of halogens is 1. The standard InChI is InChI=1S/C21H22FN3O4/c1-15(26)24-10-12-25(13-11-24)21(28)16-6-2-5-9-19(16)29-14-20(27)23-18-8-4-3-7-17(18)22/h2-9H,10-14H2,1H3,(H,23,27). The molecule has 1 fully saturated rings. The van der Waals surface area contributed by atoms with E-state index in [2.05, 4.69) is 5.32 Å². The number of nitrogens with zero attached hydrogens (tertiary/aromatic N) is 2. The Balaban J connectivity index is 1.62. The molecule has 3 rings (SSSR count). The van der Waals surface area contributed by atoms with Crippen LogP contribution in [0.3, 0.4) is 0 Å². The quantitative estimate of drug-likeness (QED) is 0.836. The Morgan fingerprint density at radius 1 is 0.966 bits per heavy atom. The fourth-order valence-corrected chi connectivity index (χ4v) is 3.06. The molecule has 8 heteroatoms. The molecule has 0 atom stereocenters. The molecule has 7 nitrogen and oxygen atoms in total. The number of ether oxygens (including phenoxy) is 1. The van der Waals surface area contributed by atoms with E-state index in [4.69, 9.17) is 4.74 Å². The van der Waals surface area contributed by atoms with Gasteiger partial charge >= 0.3 is 0 Å². The summed E-state index contributed by atoms with van der Waals surface area (Å²) < 4.78 is 19.2. The summed E-state index contributed by atoms with van der Waals surface area (Å²) in [6, 6.07) is 12.5. The van der Waals surface area contributed by atoms with Gasteiger partial charge in [0.05, 0.1) is 11.3 Å². The van der Waals surface area contributed by atoms with Crippen LogP contribution in [-0.4, -0.2) is 60.3 Å². The van der Waals surface area contributed by atoms with E-state index in [1.165, 1.54) is 25.1 Å². The van der Waals surface area contributed by atoms with Gasteiger partial charge in [0, 0.05) is 33.1 Å². The molecule has 29 heavy (non-hydrogen) atoms. The SMILES string of the molecule is CC(=O)N1CCN(C(=O)c2ccccc2OCC(=O)Nc2ccccc2F)CC1. The van der Waals surface area contributed by atoms with Crippen molar-refractivity contribution in [2.24, 2.45) is 0 Å². The van der Waals surface area contributed by atoms with Crippen LogP contribution in [0.25, 0.3) is 0 Å². The number of nitrogens with one attached hydrogen (secondary N) is 1. The molecule has 0 aromatic heterocycles. The maximum Gasteiger partial charge on any atom is 0.262 e. The van der Waals surface area contributed by atoms with Crippen LogP contribution in [0.2, 0.25) is 0 Å². The van der Waals surface area contributed by atoms with Gasteiger partial charge in [0.2, 0.25) is 5.91 Å². The van der Waals surface area contributed by atoms with Gasteiger partial charge in [0.25, 0.3) is 11.8 Å². The Morgan fingerprint density at radius 3 is 2.28 bits per heavy atom. The molecule has 1 N–H and O–H groups in total. The summed E-state index contributed by atoms with van der Waals surface area (Å²) in [5.41, 5.74) is 0.399. The third kappa shape index (κ3) is 5.10. The number of rotatable bonds is 5. The van der Waals surface area contributed by atoms with Gasteiger partial charge in [0.15, 0.2) is 6.61 Å². The second kappa shape index (κ2) is 9.18. The van der Waals surface area contributed by atoms with E-state index in [1.807, 2.05) is 0 Å². The van der Waals surface area contributed by atoms with E-state index in [-0.39, 0.29) is 29.9 Å². The van der Waals surface area contributed by atoms with Crippen LogP contribution in [0.1, 0.15) is 17.3 Å². The summed E-state index contributed by atoms with van der Waals surface area (Å²) in [4.78, 5) is 39.7. The van der Waals surface area contributed by atoms with Crippen molar-refractivity contribution in [2.45, 2.75) is 6.92 Å². The van der Waals surface area contributed by atoms with Gasteiger partial charge in [-0.15, -0.1) is 0 Å². The van der Waals surface area contributed by atoms with Crippen LogP contribution in [-0.2, 0) is 9.59 Å². The number of carbonyl (C=O) groups excluding carboxylic acids is 3. The van der Waals surface area contributed by atoms with Crippen LogP contribution in [0.5, 0.6) is 5.75 Å². The van der Waals surface area contributed by atoms with Crippen LogP contribution in [0.4, 0.5) is 10.1 Å². The molecule has 0 unspecified atom stereocenters. The molecule has 2 aromatic carbocycles. The van der Waals surface area contributed by atoms with Gasteiger partial charge in [0.1, 0.15) is 11.6 Å². The molecule has 1 aliphatic heterocycles. The minimum Gasteiger partial charge on any atom is -0.483 e. The third-order valence-electron chi connectivity index (χ3n) is 4.64. The summed E-state index contributed by atoms with van der Waals surface area (Å²) in [6.45, 7) is 2.97. The molecule has 0 spiro atoms. The highest BCUT2D eigenvalue weighted by Crippen LogP contribution is 2.21. The first-order chi connectivity index (χ1) is 14.0. The lowest BCUT2D eigenvalue weighted by molar-refractivity contribution is -0.130. The van der Waals surface area contributed by atoms with Gasteiger partial charge in [-0.25, -0.2) is 4.39 Å². The molecule has 0 saturated carbocycles. The van der Waals surface area contributed by atoms with E-state index in [1.54, 1.807) is 40.1 Å². The number of hydrogen-bond acceptors (Lipinski definition) is 4. The Hall–Kier alpha value is -3.42. The topological polar surface area (TPSA) is 79.0 Å². The number of benzene rings is 2. The predicted molar refractivity (Wildman–Crippen MR) is 105 cm³/mol. The first-order valence-corrected chi connectivity index (χ1v) is 9.26. The summed E-state index contributed by atoms with van der Waals surface area (Å²) >= 11 is 0. The lowest BCUT2D eigenvalue weighted by Crippen LogP contribution is -2.50. The summed E-state index contributed by atoms with van der Waals surface area (Å²) in [5.74, 6) is -1.04. The van der Waals surface area contributed by atoms with E-state index >= 15 is 0 Å². The molecule has 3 amide bonds. The number of amides is 3. The Labute approximate surface area is 168 Å². The van der Waals surface area contributed by atoms with E-state index in [0.717, 1.165) is 0 Å². The summed E-state index contributed by atoms with van der Waals surface area (Å²) in [7, 11) is 0. The minimum atomic E-state index is -0.541. The zero-order valence-corrected chi connectivity index (χ0v) is 16.1. The van der Waals surface area contributed by atoms with Crippen molar-refractivity contribution in [1.29, 1.82) is 0 Å². The van der Waals surface area contributed by atoms with Crippen LogP contribution < -0.4 is 10.1 Å². The largest absolute Gasteiger partial charge is 0.483 e. The van der Waals surface area contributed by atoms with Crippen molar-refractivity contribution in [3.63, 3.8) is 0 Å². The van der Waals surface area contributed by atoms with Gasteiger partial charge < -0.3 is 19.9 Å². The van der Waals surface area contributed by atoms with E-state index < -0.39 is 11.7 Å². The highest BCUT2D eigenvalue weighted by atomic mass is 19.1. The molecule has 0 aliphatic carbocycles. The van der Waals surface area contributed by atoms with Gasteiger partial charge in [-0.05, 0) is 24.3 Å². The summed E-state index contributed by atoms with van der Waals surface area (Å²) in [6.07, 6.45) is 0. The van der Waals surface area contributed by atoms with Crippen molar-refractivity contribution in [1.82, 2.24) is 9.80 Å². The molecular weight excluding hydrogens is 377 g/mol. The number of anilines is 1. The van der Waals surface area contributed by atoms with Crippen LogP contribution >= 0.6 is 0 Å². The fourth-order valence-electron chi connectivity index (χ4n) is 3.06. The second-order valence-corrected chi connectivity index (χ2v) is 6.61. The fraction of sp³-hybridized carbons (Fsp3) is 0.286. The van der Waals surface area contributed by atoms with Crippen LogP contribution in [0.15, 0.2) is 48.5 Å². The molecular formula is C21H22FN3O4. The zero-order valence-electron chi connectivity index (χ0n) is 16.1. The first kappa shape index (κ1) is 20.3. The number of hydrogen-bond donors (Lipinski definition) is 1. The average Bonchev–Trinajstić information content (AvgIpc) is 2.73. The summed E-state index contributed by atoms with van der Waals surface area (Å²) in [5, 5.41) is 2.44. The minimum absolute atomic E-state index is 0.0123. The highest BCUT2D eigenvalue weighted by Gasteiger charge is 2.25. The number of piperazine rings is 1. The Kier molecular flexibility index (Phi) is 6.43. The molecule has 1 aliphatic rings. The lowest BCUT2D eigenvalue weighted by atomic mass is 10.1. The number of para-hydroxylation sites is 2. The Morgan fingerprint density at radius 2 is 1.59 bits per heavy atom. The van der Waals surface area contributed by atoms with Crippen molar-refractivity contribution in [3.8, 4) is 5.75 Å². The monoisotopic (exact) mass is 399 g/mol. The molecule has 1 heterocycles. The molecule has 0 radical (unpaired) electrons. The Bertz CT molecular complexity index is 910. The van der Waals surface area contributed by atoms with Crippen molar-refractivity contribution in [2.75, 3.05) is 38.1 Å². The number of carbonyl (C=O) groups is 3. The zero-order chi connectivity index (χ0) is 20.8. The molecule has 1 saturated heterocycles. The predicted octanol–water partition coefficient (Wildman–Crippen LogP) is 2.15. The smallest absolute Gasteiger partial charge is 0.262 e. The normalized spacial score (nSPS) is 13.7. The molecule has 0 bridgehead atoms. The van der Waals surface area contributed by atoms with E-state index in [0.29, 0.717) is 31.7 Å². The average molecular weight is 399 g/mol. The van der Waals surface area contributed by atoms with Crippen LogP contribution in [0, 0.1) is 5.82 Å². The first-order valence-electron chi connectivity index (χ1n) is 9.26. The van der Waals surface area contributed by atoms with Gasteiger partial charge in [-0.1, -0.05) is 24.3 Å². The molecule has 152 valence electrons. The lowest BCUT2D eigenvalue weighted by Gasteiger charge is -2.34. The highest BCUT2D eigenvalue weighted by molar-refractivity contribution is 5.97. The third-order valence-corrected chi connectivity index (χ3v) is 4.64. The second-order valence-electron chi connectivity index (χ2n) is 6.61. The maximum absolute atomic E-state index is 13.6. The van der Waals surface area contributed by atoms with Gasteiger partial charge in [-0.3, -0.25) is 14.4 Å². The van der Waals surface area contributed by atoms with Gasteiger partial charge in [-0.2, -0.15) is 0 Å². The maximum atomic E-state index is 13.6. The van der Waals surface area contributed by atoms with Crippen molar-refractivity contribution in [3.05, 3.63) is 59.9 Å².